The molecule has 0 heterocycles. The number of fused-ring (bicyclic) bond motifs is 1. The van der Waals surface area contributed by atoms with Crippen molar-refractivity contribution in [2.24, 2.45) is 0 Å². The molecule has 0 saturated heterocycles. The highest BCUT2D eigenvalue weighted by atomic mass is 14.4. The van der Waals surface area contributed by atoms with E-state index in [2.05, 4.69) is 52.8 Å². The molecule has 0 unspecified atom stereocenters. The van der Waals surface area contributed by atoms with E-state index in [1.54, 1.807) is 11.1 Å². The van der Waals surface area contributed by atoms with Gasteiger partial charge in [-0.05, 0) is 54.6 Å². The largest absolute Gasteiger partial charge is 0.0683 e. The third-order valence-electron chi connectivity index (χ3n) is 5.06. The van der Waals surface area contributed by atoms with Crippen LogP contribution in [0.3, 0.4) is 0 Å². The molecule has 0 nitrogen and oxygen atoms in total. The van der Waals surface area contributed by atoms with Gasteiger partial charge in [-0.15, -0.1) is 0 Å². The number of hydrogen-bond donors (Lipinski definition) is 0. The average molecular weight is 260 g/mol. The Hall–Kier alpha value is -0.780. The van der Waals surface area contributed by atoms with E-state index in [1.165, 1.54) is 31.2 Å². The van der Waals surface area contributed by atoms with Gasteiger partial charge in [0.05, 0.1) is 0 Å². The summed E-state index contributed by atoms with van der Waals surface area (Å²) in [6, 6.07) is 7.12. The fourth-order valence-electron chi connectivity index (χ4n) is 3.49. The molecule has 19 heavy (non-hydrogen) atoms. The molecule has 0 saturated carbocycles. The molecule has 2 rings (SSSR count). The normalized spacial score (nSPS) is 19.1. The molecular weight excluding hydrogens is 228 g/mol. The topological polar surface area (TPSA) is 0 Å². The van der Waals surface area contributed by atoms with Crippen molar-refractivity contribution in [3.8, 4) is 0 Å². The van der Waals surface area contributed by atoms with Gasteiger partial charge in [-0.25, -0.2) is 0 Å². The lowest BCUT2D eigenvalue weighted by atomic mass is 9.59. The Labute approximate surface area is 120 Å². The van der Waals surface area contributed by atoms with E-state index in [9.17, 15) is 0 Å². The molecule has 0 atom stereocenters. The first-order chi connectivity index (χ1) is 8.95. The standard InChI is InChI=1S/C17H26.C2H6/c1-6-17(7-2)11-10-16(4,5)15-12-13(3)8-9-14(15)17;1-2/h8-9,12H,6-7,10-11H2,1-5H3;1-2H3. The Morgan fingerprint density at radius 2 is 1.53 bits per heavy atom. The fraction of sp³-hybridized carbons (Fsp3) is 0.684. The van der Waals surface area contributed by atoms with Crippen LogP contribution in [0.2, 0.25) is 0 Å². The van der Waals surface area contributed by atoms with E-state index in [-0.39, 0.29) is 0 Å². The zero-order valence-electron chi connectivity index (χ0n) is 14.1. The van der Waals surface area contributed by atoms with Crippen LogP contribution >= 0.6 is 0 Å². The molecule has 0 amide bonds. The second-order valence-corrected chi connectivity index (χ2v) is 6.42. The van der Waals surface area contributed by atoms with E-state index in [4.69, 9.17) is 0 Å². The van der Waals surface area contributed by atoms with E-state index in [0.29, 0.717) is 10.8 Å². The van der Waals surface area contributed by atoms with Gasteiger partial charge in [0, 0.05) is 0 Å². The zero-order chi connectivity index (χ0) is 14.7. The monoisotopic (exact) mass is 260 g/mol. The predicted octanol–water partition coefficient (Wildman–Crippen LogP) is 6.15. The Morgan fingerprint density at radius 3 is 2.05 bits per heavy atom. The quantitative estimate of drug-likeness (QED) is 0.598. The third-order valence-corrected chi connectivity index (χ3v) is 5.06. The van der Waals surface area contributed by atoms with Crippen LogP contribution < -0.4 is 0 Å². The Bertz CT molecular complexity index is 408. The van der Waals surface area contributed by atoms with Crippen LogP contribution in [-0.4, -0.2) is 0 Å². The third kappa shape index (κ3) is 2.88. The van der Waals surface area contributed by atoms with E-state index in [1.807, 2.05) is 13.8 Å². The molecule has 0 aromatic heterocycles. The molecule has 0 N–H and O–H groups in total. The molecule has 1 aromatic rings. The van der Waals surface area contributed by atoms with Gasteiger partial charge in [0.15, 0.2) is 0 Å². The Kier molecular flexibility index (Phi) is 5.24. The van der Waals surface area contributed by atoms with Gasteiger partial charge < -0.3 is 0 Å². The van der Waals surface area contributed by atoms with Crippen molar-refractivity contribution in [3.63, 3.8) is 0 Å². The summed E-state index contributed by atoms with van der Waals surface area (Å²) in [6.45, 7) is 15.7. The minimum Gasteiger partial charge on any atom is -0.0683 e. The van der Waals surface area contributed by atoms with Crippen LogP contribution in [0.15, 0.2) is 18.2 Å². The summed E-state index contributed by atoms with van der Waals surface area (Å²) in [5.41, 5.74) is 5.44. The van der Waals surface area contributed by atoms with Crippen LogP contribution in [0.25, 0.3) is 0 Å². The Morgan fingerprint density at radius 1 is 0.947 bits per heavy atom. The van der Waals surface area contributed by atoms with Crippen molar-refractivity contribution >= 4 is 0 Å². The molecule has 0 radical (unpaired) electrons. The fourth-order valence-corrected chi connectivity index (χ4v) is 3.49. The summed E-state index contributed by atoms with van der Waals surface area (Å²) in [4.78, 5) is 0. The maximum atomic E-state index is 2.43. The van der Waals surface area contributed by atoms with Gasteiger partial charge in [-0.2, -0.15) is 0 Å². The van der Waals surface area contributed by atoms with Gasteiger partial charge in [0.1, 0.15) is 0 Å². The van der Waals surface area contributed by atoms with Crippen molar-refractivity contribution in [2.75, 3.05) is 0 Å². The summed E-state index contributed by atoms with van der Waals surface area (Å²) in [5.74, 6) is 0. The van der Waals surface area contributed by atoms with Gasteiger partial charge >= 0.3 is 0 Å². The second kappa shape index (κ2) is 6.11. The first-order valence-corrected chi connectivity index (χ1v) is 8.07. The maximum absolute atomic E-state index is 2.43. The minimum atomic E-state index is 0.356. The number of benzene rings is 1. The molecule has 0 aliphatic heterocycles. The maximum Gasteiger partial charge on any atom is -0.00489 e. The zero-order valence-corrected chi connectivity index (χ0v) is 14.1. The molecule has 0 bridgehead atoms. The van der Waals surface area contributed by atoms with Gasteiger partial charge in [0.2, 0.25) is 0 Å². The lowest BCUT2D eigenvalue weighted by molar-refractivity contribution is 0.276. The van der Waals surface area contributed by atoms with Crippen LogP contribution in [0, 0.1) is 6.92 Å². The number of aryl methyl sites for hydroxylation is 1. The predicted molar refractivity (Wildman–Crippen MR) is 87.0 cm³/mol. The number of hydrogen-bond acceptors (Lipinski definition) is 0. The smallest absolute Gasteiger partial charge is 0.00489 e. The molecule has 1 aliphatic rings. The average Bonchev–Trinajstić information content (AvgIpc) is 2.43. The molecule has 0 heteroatoms. The molecule has 1 aliphatic carbocycles. The van der Waals surface area contributed by atoms with Crippen molar-refractivity contribution in [3.05, 3.63) is 34.9 Å². The van der Waals surface area contributed by atoms with E-state index >= 15 is 0 Å². The molecule has 108 valence electrons. The van der Waals surface area contributed by atoms with Crippen LogP contribution in [0.5, 0.6) is 0 Å². The first kappa shape index (κ1) is 16.3. The molecule has 0 spiro atoms. The summed E-state index contributed by atoms with van der Waals surface area (Å²) in [6.07, 6.45) is 5.22. The highest BCUT2D eigenvalue weighted by Crippen LogP contribution is 2.49. The molecule has 0 fully saturated rings. The van der Waals surface area contributed by atoms with Crippen LogP contribution in [0.4, 0.5) is 0 Å². The lowest BCUT2D eigenvalue weighted by Crippen LogP contribution is -2.37. The summed E-state index contributed by atoms with van der Waals surface area (Å²) < 4.78 is 0. The van der Waals surface area contributed by atoms with Crippen LogP contribution in [0.1, 0.15) is 83.9 Å². The number of rotatable bonds is 2. The van der Waals surface area contributed by atoms with Crippen molar-refractivity contribution in [1.29, 1.82) is 0 Å². The van der Waals surface area contributed by atoms with Crippen LogP contribution in [-0.2, 0) is 10.8 Å². The van der Waals surface area contributed by atoms with Crippen molar-refractivity contribution in [2.45, 2.75) is 85.0 Å². The van der Waals surface area contributed by atoms with Gasteiger partial charge in [-0.3, -0.25) is 0 Å². The van der Waals surface area contributed by atoms with Crippen molar-refractivity contribution < 1.29 is 0 Å². The highest BCUT2D eigenvalue weighted by Gasteiger charge is 2.40. The van der Waals surface area contributed by atoms with E-state index < -0.39 is 0 Å². The SMILES string of the molecule is CC.CCC1(CC)CCC(C)(C)c2cc(C)ccc21. The summed E-state index contributed by atoms with van der Waals surface area (Å²) in [7, 11) is 0. The van der Waals surface area contributed by atoms with Crippen molar-refractivity contribution in [1.82, 2.24) is 0 Å². The van der Waals surface area contributed by atoms with E-state index in [0.717, 1.165) is 0 Å². The first-order valence-electron chi connectivity index (χ1n) is 8.07. The lowest BCUT2D eigenvalue weighted by Gasteiger charge is -2.45. The summed E-state index contributed by atoms with van der Waals surface area (Å²) in [5, 5.41) is 0. The Balaban J connectivity index is 0.000000861. The minimum absolute atomic E-state index is 0.356. The van der Waals surface area contributed by atoms with Gasteiger partial charge in [0.25, 0.3) is 0 Å². The molecule has 1 aromatic carbocycles. The molecular formula is C19H32. The second-order valence-electron chi connectivity index (χ2n) is 6.42. The highest BCUT2D eigenvalue weighted by molar-refractivity contribution is 5.44. The summed E-state index contributed by atoms with van der Waals surface area (Å²) >= 11 is 0. The van der Waals surface area contributed by atoms with Gasteiger partial charge in [-0.1, -0.05) is 65.3 Å².